The number of benzene rings is 2. The Kier molecular flexibility index (Phi) is 4.65. The van der Waals surface area contributed by atoms with E-state index < -0.39 is 17.6 Å². The van der Waals surface area contributed by atoms with E-state index in [9.17, 15) is 22.8 Å². The normalized spacial score (nSPS) is 11.4. The minimum atomic E-state index is -4.52. The second-order valence-corrected chi connectivity index (χ2v) is 5.85. The second kappa shape index (κ2) is 6.79. The fourth-order valence-electron chi connectivity index (χ4n) is 2.75. The molecule has 2 aromatic carbocycles. The zero-order valence-electron chi connectivity index (χ0n) is 14.4. The predicted octanol–water partition coefficient (Wildman–Crippen LogP) is 4.58. The molecule has 0 bridgehead atoms. The van der Waals surface area contributed by atoms with Crippen LogP contribution in [0.2, 0.25) is 0 Å². The maximum Gasteiger partial charge on any atom is 0.416 e. The molecule has 1 heterocycles. The van der Waals surface area contributed by atoms with Gasteiger partial charge in [0.25, 0.3) is 5.91 Å². The summed E-state index contributed by atoms with van der Waals surface area (Å²) < 4.78 is 45.0. The second-order valence-electron chi connectivity index (χ2n) is 5.85. The summed E-state index contributed by atoms with van der Waals surface area (Å²) >= 11 is 0. The lowest BCUT2D eigenvalue weighted by Gasteiger charge is -2.09. The molecule has 5 nitrogen and oxygen atoms in total. The van der Waals surface area contributed by atoms with Crippen LogP contribution < -0.4 is 10.1 Å². The molecule has 1 amide bonds. The van der Waals surface area contributed by atoms with Crippen molar-refractivity contribution < 1.29 is 27.5 Å². The van der Waals surface area contributed by atoms with Gasteiger partial charge in [0.1, 0.15) is 5.75 Å². The molecule has 27 heavy (non-hydrogen) atoms. The van der Waals surface area contributed by atoms with Gasteiger partial charge in [0.15, 0.2) is 0 Å². The number of anilines is 1. The Bertz CT molecular complexity index is 1040. The van der Waals surface area contributed by atoms with Crippen LogP contribution in [0.4, 0.5) is 18.9 Å². The smallest absolute Gasteiger partial charge is 0.416 e. The van der Waals surface area contributed by atoms with Crippen molar-refractivity contribution in [1.82, 2.24) is 4.57 Å². The maximum atomic E-state index is 12.8. The number of rotatable bonds is 3. The molecular formula is C19H15F3N2O3. The number of carbonyl (C=O) groups excluding carboxylic acids is 2. The molecule has 1 aromatic heterocycles. The molecule has 0 unspecified atom stereocenters. The topological polar surface area (TPSA) is 60.3 Å². The summed E-state index contributed by atoms with van der Waals surface area (Å²) in [7, 11) is 1.46. The minimum absolute atomic E-state index is 0.00134. The number of halogens is 3. The van der Waals surface area contributed by atoms with Gasteiger partial charge in [-0.05, 0) is 36.4 Å². The van der Waals surface area contributed by atoms with Gasteiger partial charge in [-0.25, -0.2) is 0 Å². The lowest BCUT2D eigenvalue weighted by Crippen LogP contribution is -2.13. The fourth-order valence-corrected chi connectivity index (χ4v) is 2.75. The Morgan fingerprint density at radius 2 is 1.85 bits per heavy atom. The van der Waals surface area contributed by atoms with Gasteiger partial charge in [-0.15, -0.1) is 0 Å². The highest BCUT2D eigenvalue weighted by Crippen LogP contribution is 2.31. The van der Waals surface area contributed by atoms with Crippen molar-refractivity contribution in [3.8, 4) is 5.75 Å². The fraction of sp³-hybridized carbons (Fsp3) is 0.158. The van der Waals surface area contributed by atoms with Gasteiger partial charge in [-0.2, -0.15) is 13.2 Å². The molecule has 0 fully saturated rings. The van der Waals surface area contributed by atoms with Gasteiger partial charge in [0.2, 0.25) is 5.91 Å². The maximum absolute atomic E-state index is 12.8. The number of hydrogen-bond donors (Lipinski definition) is 1. The van der Waals surface area contributed by atoms with Gasteiger partial charge in [-0.3, -0.25) is 14.2 Å². The number of fused-ring (bicyclic) bond motifs is 1. The molecule has 0 saturated heterocycles. The number of carbonyl (C=O) groups is 2. The lowest BCUT2D eigenvalue weighted by atomic mass is 10.1. The van der Waals surface area contributed by atoms with E-state index in [1.807, 2.05) is 0 Å². The number of nitrogens with one attached hydrogen (secondary N) is 1. The van der Waals surface area contributed by atoms with Crippen LogP contribution in [0, 0.1) is 0 Å². The quantitative estimate of drug-likeness (QED) is 0.728. The summed E-state index contributed by atoms with van der Waals surface area (Å²) in [5, 5.41) is 2.90. The third-order valence-corrected chi connectivity index (χ3v) is 4.04. The molecule has 8 heteroatoms. The van der Waals surface area contributed by atoms with E-state index in [1.165, 1.54) is 36.9 Å². The zero-order chi connectivity index (χ0) is 19.8. The van der Waals surface area contributed by atoms with E-state index in [-0.39, 0.29) is 17.2 Å². The lowest BCUT2D eigenvalue weighted by molar-refractivity contribution is -0.137. The SMILES string of the molecule is COc1ccc2c(c1)c(C(=O)Nc1cccc(C(F)(F)F)c1)cn2C(C)=O. The van der Waals surface area contributed by atoms with Crippen molar-refractivity contribution in [2.45, 2.75) is 13.1 Å². The molecule has 0 aliphatic rings. The summed E-state index contributed by atoms with van der Waals surface area (Å²) in [5.74, 6) is -0.451. The molecule has 0 radical (unpaired) electrons. The Morgan fingerprint density at radius 3 is 2.48 bits per heavy atom. The van der Waals surface area contributed by atoms with Crippen molar-refractivity contribution in [2.24, 2.45) is 0 Å². The molecule has 0 aliphatic heterocycles. The standard InChI is InChI=1S/C19H15F3N2O3/c1-11(25)24-10-16(15-9-14(27-2)6-7-17(15)24)18(26)23-13-5-3-4-12(8-13)19(20,21)22/h3-10H,1-2H3,(H,23,26). The average Bonchev–Trinajstić information content (AvgIpc) is 3.00. The van der Waals surface area contributed by atoms with Crippen LogP contribution in [0.1, 0.15) is 27.6 Å². The molecule has 140 valence electrons. The van der Waals surface area contributed by atoms with Gasteiger partial charge in [0.05, 0.1) is 23.8 Å². The highest BCUT2D eigenvalue weighted by atomic mass is 19.4. The molecule has 1 N–H and O–H groups in total. The van der Waals surface area contributed by atoms with Crippen LogP contribution in [0.25, 0.3) is 10.9 Å². The van der Waals surface area contributed by atoms with Crippen LogP contribution in [0.15, 0.2) is 48.7 Å². The van der Waals surface area contributed by atoms with E-state index >= 15 is 0 Å². The first-order chi connectivity index (χ1) is 12.7. The van der Waals surface area contributed by atoms with Crippen molar-refractivity contribution in [2.75, 3.05) is 12.4 Å². The number of amides is 1. The van der Waals surface area contributed by atoms with Crippen LogP contribution in [-0.4, -0.2) is 23.5 Å². The Balaban J connectivity index is 2.02. The number of aromatic nitrogens is 1. The first-order valence-electron chi connectivity index (χ1n) is 7.89. The minimum Gasteiger partial charge on any atom is -0.497 e. The number of methoxy groups -OCH3 is 1. The highest BCUT2D eigenvalue weighted by molar-refractivity contribution is 6.14. The van der Waals surface area contributed by atoms with Crippen molar-refractivity contribution in [1.29, 1.82) is 0 Å². The summed E-state index contributed by atoms with van der Waals surface area (Å²) in [5.41, 5.74) is -0.219. The summed E-state index contributed by atoms with van der Waals surface area (Å²) in [6.45, 7) is 1.35. The molecule has 0 atom stereocenters. The number of nitrogens with zero attached hydrogens (tertiary/aromatic N) is 1. The van der Waals surface area contributed by atoms with Gasteiger partial charge in [-0.1, -0.05) is 6.07 Å². The Hall–Kier alpha value is -3.29. The van der Waals surface area contributed by atoms with Crippen LogP contribution in [-0.2, 0) is 6.18 Å². The van der Waals surface area contributed by atoms with Crippen molar-refractivity contribution >= 4 is 28.4 Å². The van der Waals surface area contributed by atoms with E-state index in [2.05, 4.69) is 5.32 Å². The number of ether oxygens (including phenoxy) is 1. The zero-order valence-corrected chi connectivity index (χ0v) is 14.4. The van der Waals surface area contributed by atoms with Crippen molar-refractivity contribution in [3.63, 3.8) is 0 Å². The van der Waals surface area contributed by atoms with E-state index in [0.717, 1.165) is 12.1 Å². The monoisotopic (exact) mass is 376 g/mol. The third-order valence-electron chi connectivity index (χ3n) is 4.04. The highest BCUT2D eigenvalue weighted by Gasteiger charge is 2.30. The first-order valence-corrected chi connectivity index (χ1v) is 7.89. The molecule has 0 aliphatic carbocycles. The summed E-state index contributed by atoms with van der Waals surface area (Å²) in [6, 6.07) is 9.21. The Morgan fingerprint density at radius 1 is 1.11 bits per heavy atom. The van der Waals surface area contributed by atoms with Gasteiger partial charge >= 0.3 is 6.18 Å². The van der Waals surface area contributed by atoms with E-state index in [4.69, 9.17) is 4.74 Å². The summed E-state index contributed by atoms with van der Waals surface area (Å²) in [6.07, 6.45) is -3.16. The molecule has 0 spiro atoms. The Labute approximate surface area is 152 Å². The first kappa shape index (κ1) is 18.5. The van der Waals surface area contributed by atoms with E-state index in [1.54, 1.807) is 18.2 Å². The average molecular weight is 376 g/mol. The van der Waals surface area contributed by atoms with Gasteiger partial charge < -0.3 is 10.1 Å². The third kappa shape index (κ3) is 3.64. The molecule has 3 rings (SSSR count). The largest absolute Gasteiger partial charge is 0.497 e. The van der Waals surface area contributed by atoms with Crippen LogP contribution in [0.5, 0.6) is 5.75 Å². The number of alkyl halides is 3. The predicted molar refractivity (Wildman–Crippen MR) is 94.2 cm³/mol. The molecular weight excluding hydrogens is 361 g/mol. The van der Waals surface area contributed by atoms with Gasteiger partial charge in [0, 0.05) is 24.2 Å². The van der Waals surface area contributed by atoms with Crippen LogP contribution >= 0.6 is 0 Å². The van der Waals surface area contributed by atoms with Crippen LogP contribution in [0.3, 0.4) is 0 Å². The molecule has 0 saturated carbocycles. The van der Waals surface area contributed by atoms with Crippen molar-refractivity contribution in [3.05, 3.63) is 59.8 Å². The van der Waals surface area contributed by atoms with E-state index in [0.29, 0.717) is 16.7 Å². The molecule has 3 aromatic rings. The summed E-state index contributed by atoms with van der Waals surface area (Å²) in [4.78, 5) is 24.5. The number of hydrogen-bond acceptors (Lipinski definition) is 3.